The van der Waals surface area contributed by atoms with Crippen LogP contribution in [0.4, 0.5) is 0 Å². The summed E-state index contributed by atoms with van der Waals surface area (Å²) in [5, 5.41) is 18.3. The number of nitrogens with zero attached hydrogens (tertiary/aromatic N) is 1. The lowest BCUT2D eigenvalue weighted by atomic mass is 10.1. The molecule has 2 N–H and O–H groups in total. The number of carboxylic acid groups (broad SMARTS) is 1. The number of pyridine rings is 1. The number of aryl methyl sites for hydroxylation is 1. The van der Waals surface area contributed by atoms with E-state index in [1.165, 1.54) is 25.3 Å². The lowest BCUT2D eigenvalue weighted by Gasteiger charge is -2.13. The van der Waals surface area contributed by atoms with Crippen LogP contribution in [0.5, 0.6) is 5.75 Å². The van der Waals surface area contributed by atoms with Crippen LogP contribution in [0, 0.1) is 0 Å². The van der Waals surface area contributed by atoms with Crippen LogP contribution >= 0.6 is 0 Å². The van der Waals surface area contributed by atoms with E-state index in [0.717, 1.165) is 44.3 Å². The molecule has 0 bridgehead atoms. The highest BCUT2D eigenvalue weighted by Gasteiger charge is 2.07. The predicted octanol–water partition coefficient (Wildman–Crippen LogP) is 3.71. The molecule has 0 aliphatic carbocycles. The molecule has 0 radical (unpaired) electrons. The Morgan fingerprint density at radius 1 is 1.04 bits per heavy atom. The number of aliphatic carboxylic acids is 1. The minimum atomic E-state index is -0.704. The van der Waals surface area contributed by atoms with Crippen molar-refractivity contribution >= 4 is 5.97 Å². The summed E-state index contributed by atoms with van der Waals surface area (Å²) < 4.78 is 1.97. The molecule has 1 heterocycles. The zero-order valence-electron chi connectivity index (χ0n) is 14.1. The molecular weight excluding hydrogens is 294 g/mol. The van der Waals surface area contributed by atoms with Crippen LogP contribution in [-0.4, -0.2) is 20.7 Å². The van der Waals surface area contributed by atoms with Crippen molar-refractivity contribution in [2.75, 3.05) is 0 Å². The largest absolute Gasteiger partial charge is 0.503 e. The Bertz CT molecular complexity index is 536. The van der Waals surface area contributed by atoms with Crippen LogP contribution in [-0.2, 0) is 17.8 Å². The molecular formula is C18H29NO4. The second-order valence-corrected chi connectivity index (χ2v) is 5.99. The monoisotopic (exact) mass is 323 g/mol. The molecule has 0 saturated heterocycles. The van der Waals surface area contributed by atoms with Gasteiger partial charge in [-0.05, 0) is 19.3 Å². The summed E-state index contributed by atoms with van der Waals surface area (Å²) in [4.78, 5) is 21.8. The normalized spacial score (nSPS) is 10.8. The number of aromatic nitrogens is 1. The van der Waals surface area contributed by atoms with Gasteiger partial charge in [-0.3, -0.25) is 9.59 Å². The smallest absolute Gasteiger partial charge is 0.303 e. The zero-order chi connectivity index (χ0) is 17.1. The quantitative estimate of drug-likeness (QED) is 0.575. The van der Waals surface area contributed by atoms with E-state index >= 15 is 0 Å². The summed E-state index contributed by atoms with van der Waals surface area (Å²) in [7, 11) is 0. The van der Waals surface area contributed by atoms with E-state index in [1.807, 2.05) is 11.5 Å². The lowest BCUT2D eigenvalue weighted by Crippen LogP contribution is -2.12. The SMILES string of the molecule is CCc1c(O)c(=O)ccn1CCCCCCCCCCC(=O)O. The molecule has 0 aliphatic rings. The van der Waals surface area contributed by atoms with E-state index < -0.39 is 5.97 Å². The van der Waals surface area contributed by atoms with E-state index in [1.54, 1.807) is 6.20 Å². The second-order valence-electron chi connectivity index (χ2n) is 5.99. The predicted molar refractivity (Wildman–Crippen MR) is 90.9 cm³/mol. The Morgan fingerprint density at radius 2 is 1.61 bits per heavy atom. The van der Waals surface area contributed by atoms with Crippen molar-refractivity contribution in [1.29, 1.82) is 0 Å². The number of unbranched alkanes of at least 4 members (excludes halogenated alkanes) is 7. The number of rotatable bonds is 12. The fourth-order valence-corrected chi connectivity index (χ4v) is 2.80. The molecule has 0 spiro atoms. The summed E-state index contributed by atoms with van der Waals surface area (Å²) in [6, 6.07) is 1.42. The standard InChI is InChI=1S/C18H29NO4/c1-2-15-18(23)16(20)12-14-19(15)13-10-8-6-4-3-5-7-9-11-17(21)22/h12,14,23H,2-11,13H2,1H3,(H,21,22). The Labute approximate surface area is 138 Å². The van der Waals surface area contributed by atoms with E-state index in [-0.39, 0.29) is 17.6 Å². The van der Waals surface area contributed by atoms with Gasteiger partial charge in [0.05, 0.1) is 5.69 Å². The Hall–Kier alpha value is -1.78. The van der Waals surface area contributed by atoms with Crippen molar-refractivity contribution in [2.45, 2.75) is 77.7 Å². The van der Waals surface area contributed by atoms with Crippen LogP contribution in [0.15, 0.2) is 17.1 Å². The zero-order valence-corrected chi connectivity index (χ0v) is 14.1. The van der Waals surface area contributed by atoms with Crippen molar-refractivity contribution in [2.24, 2.45) is 0 Å². The van der Waals surface area contributed by atoms with Crippen LogP contribution in [0.25, 0.3) is 0 Å². The average Bonchev–Trinajstić information content (AvgIpc) is 2.52. The molecule has 1 aromatic rings. The molecule has 0 unspecified atom stereocenters. The summed E-state index contributed by atoms with van der Waals surface area (Å²) in [6.45, 7) is 2.77. The van der Waals surface area contributed by atoms with Gasteiger partial charge in [0.15, 0.2) is 5.75 Å². The van der Waals surface area contributed by atoms with Crippen molar-refractivity contribution in [3.8, 4) is 5.75 Å². The number of carbonyl (C=O) groups is 1. The summed E-state index contributed by atoms with van der Waals surface area (Å²) in [5.74, 6) is -0.818. The molecule has 130 valence electrons. The van der Waals surface area contributed by atoms with Gasteiger partial charge in [0.1, 0.15) is 0 Å². The molecule has 5 heteroatoms. The van der Waals surface area contributed by atoms with E-state index in [0.29, 0.717) is 6.42 Å². The van der Waals surface area contributed by atoms with Crippen LogP contribution in [0.3, 0.4) is 0 Å². The summed E-state index contributed by atoms with van der Waals surface area (Å²) in [6.07, 6.45) is 11.3. The highest BCUT2D eigenvalue weighted by molar-refractivity contribution is 5.66. The maximum absolute atomic E-state index is 11.4. The highest BCUT2D eigenvalue weighted by Crippen LogP contribution is 2.14. The maximum Gasteiger partial charge on any atom is 0.303 e. The third-order valence-electron chi connectivity index (χ3n) is 4.13. The molecule has 0 atom stereocenters. The lowest BCUT2D eigenvalue weighted by molar-refractivity contribution is -0.137. The van der Waals surface area contributed by atoms with Crippen molar-refractivity contribution < 1.29 is 15.0 Å². The minimum Gasteiger partial charge on any atom is -0.503 e. The summed E-state index contributed by atoms with van der Waals surface area (Å²) in [5.41, 5.74) is 0.414. The van der Waals surface area contributed by atoms with Crippen molar-refractivity contribution in [3.63, 3.8) is 0 Å². The van der Waals surface area contributed by atoms with Gasteiger partial charge < -0.3 is 14.8 Å². The van der Waals surface area contributed by atoms with Crippen LogP contribution in [0.2, 0.25) is 0 Å². The highest BCUT2D eigenvalue weighted by atomic mass is 16.4. The van der Waals surface area contributed by atoms with Crippen molar-refractivity contribution in [1.82, 2.24) is 4.57 Å². The Kier molecular flexibility index (Phi) is 9.10. The molecule has 5 nitrogen and oxygen atoms in total. The molecule has 1 rings (SSSR count). The van der Waals surface area contributed by atoms with Gasteiger partial charge in [-0.1, -0.05) is 45.4 Å². The van der Waals surface area contributed by atoms with E-state index in [9.17, 15) is 14.7 Å². The molecule has 1 aromatic heterocycles. The molecule has 0 fully saturated rings. The molecule has 0 saturated carbocycles. The van der Waals surface area contributed by atoms with Crippen LogP contribution in [0.1, 0.15) is 70.4 Å². The van der Waals surface area contributed by atoms with Gasteiger partial charge in [0.25, 0.3) is 0 Å². The first-order valence-electron chi connectivity index (χ1n) is 8.69. The Balaban J connectivity index is 2.13. The fourth-order valence-electron chi connectivity index (χ4n) is 2.80. The van der Waals surface area contributed by atoms with Gasteiger partial charge in [-0.2, -0.15) is 0 Å². The number of carboxylic acids is 1. The number of hydrogen-bond acceptors (Lipinski definition) is 3. The third kappa shape index (κ3) is 7.35. The number of hydrogen-bond donors (Lipinski definition) is 2. The van der Waals surface area contributed by atoms with Gasteiger partial charge in [0, 0.05) is 25.2 Å². The van der Waals surface area contributed by atoms with Gasteiger partial charge in [-0.15, -0.1) is 0 Å². The van der Waals surface area contributed by atoms with Gasteiger partial charge >= 0.3 is 5.97 Å². The van der Waals surface area contributed by atoms with Crippen molar-refractivity contribution in [3.05, 3.63) is 28.2 Å². The third-order valence-corrected chi connectivity index (χ3v) is 4.13. The fraction of sp³-hybridized carbons (Fsp3) is 0.667. The van der Waals surface area contributed by atoms with Crippen LogP contribution < -0.4 is 5.43 Å². The molecule has 0 amide bonds. The summed E-state index contributed by atoms with van der Waals surface area (Å²) >= 11 is 0. The van der Waals surface area contributed by atoms with Gasteiger partial charge in [-0.25, -0.2) is 0 Å². The van der Waals surface area contributed by atoms with Gasteiger partial charge in [0.2, 0.25) is 5.43 Å². The second kappa shape index (κ2) is 10.9. The van der Waals surface area contributed by atoms with E-state index in [2.05, 4.69) is 0 Å². The number of aromatic hydroxyl groups is 1. The maximum atomic E-state index is 11.4. The molecule has 23 heavy (non-hydrogen) atoms. The molecule has 0 aromatic carbocycles. The first-order valence-corrected chi connectivity index (χ1v) is 8.69. The topological polar surface area (TPSA) is 79.5 Å². The van der Waals surface area contributed by atoms with E-state index in [4.69, 9.17) is 5.11 Å². The Morgan fingerprint density at radius 3 is 2.17 bits per heavy atom. The average molecular weight is 323 g/mol. The first-order chi connectivity index (χ1) is 11.1. The minimum absolute atomic E-state index is 0.114. The molecule has 0 aliphatic heterocycles. The first kappa shape index (κ1) is 19.3.